The molecule has 0 saturated carbocycles. The molecule has 1 saturated heterocycles. The van der Waals surface area contributed by atoms with E-state index in [-0.39, 0.29) is 11.9 Å². The Morgan fingerprint density at radius 3 is 2.96 bits per heavy atom. The van der Waals surface area contributed by atoms with Crippen molar-refractivity contribution in [1.29, 1.82) is 0 Å². The Balaban J connectivity index is 1.50. The van der Waals surface area contributed by atoms with Gasteiger partial charge < -0.3 is 15.0 Å². The first-order chi connectivity index (χ1) is 12.2. The second kappa shape index (κ2) is 6.69. The largest absolute Gasteiger partial charge is 0.381 e. The summed E-state index contributed by atoms with van der Waals surface area (Å²) in [5, 5.41) is 3.03. The van der Waals surface area contributed by atoms with Crippen molar-refractivity contribution in [3.63, 3.8) is 0 Å². The van der Waals surface area contributed by atoms with Crippen LogP contribution in [0.25, 0.3) is 11.0 Å². The van der Waals surface area contributed by atoms with E-state index >= 15 is 0 Å². The summed E-state index contributed by atoms with van der Waals surface area (Å²) < 4.78 is 5.45. The maximum Gasteiger partial charge on any atom is 0.251 e. The molecule has 0 unspecified atom stereocenters. The molecule has 2 atom stereocenters. The minimum atomic E-state index is -0.196. The lowest BCUT2D eigenvalue weighted by Gasteiger charge is -2.13. The van der Waals surface area contributed by atoms with Gasteiger partial charge in [-0.1, -0.05) is 24.3 Å². The molecule has 5 heteroatoms. The summed E-state index contributed by atoms with van der Waals surface area (Å²) in [6.45, 7) is 3.47. The number of carbonyl (C=O) groups excluding carboxylic acids is 1. The molecule has 5 nitrogen and oxygen atoms in total. The number of hydrogen-bond donors (Lipinski definition) is 2. The average molecular weight is 335 g/mol. The molecule has 1 aliphatic rings. The molecule has 1 fully saturated rings. The number of imidazole rings is 1. The number of rotatable bonds is 4. The van der Waals surface area contributed by atoms with E-state index in [0.717, 1.165) is 36.5 Å². The molecule has 2 N–H and O–H groups in total. The van der Waals surface area contributed by atoms with Crippen LogP contribution in [0.5, 0.6) is 0 Å². The van der Waals surface area contributed by atoms with E-state index in [1.165, 1.54) is 5.56 Å². The highest BCUT2D eigenvalue weighted by atomic mass is 16.5. The molecule has 1 aromatic heterocycles. The van der Waals surface area contributed by atoms with Crippen molar-refractivity contribution in [2.24, 2.45) is 0 Å². The molecule has 2 aromatic carbocycles. The zero-order valence-electron chi connectivity index (χ0n) is 14.2. The number of ether oxygens (including phenoxy) is 1. The van der Waals surface area contributed by atoms with E-state index in [2.05, 4.69) is 21.4 Å². The lowest BCUT2D eigenvalue weighted by atomic mass is 9.96. The third-order valence-electron chi connectivity index (χ3n) is 4.72. The molecule has 0 bridgehead atoms. The molecule has 25 heavy (non-hydrogen) atoms. The molecule has 0 radical (unpaired) electrons. The highest BCUT2D eigenvalue weighted by Crippen LogP contribution is 2.26. The summed E-state index contributed by atoms with van der Waals surface area (Å²) >= 11 is 0. The first-order valence-corrected chi connectivity index (χ1v) is 8.64. The van der Waals surface area contributed by atoms with Crippen LogP contribution < -0.4 is 5.32 Å². The topological polar surface area (TPSA) is 67.0 Å². The average Bonchev–Trinajstić information content (AvgIpc) is 3.31. The van der Waals surface area contributed by atoms with Gasteiger partial charge in [0.1, 0.15) is 5.82 Å². The monoisotopic (exact) mass is 335 g/mol. The van der Waals surface area contributed by atoms with Gasteiger partial charge in [0.15, 0.2) is 0 Å². The van der Waals surface area contributed by atoms with Crippen LogP contribution in [-0.2, 0) is 4.74 Å². The van der Waals surface area contributed by atoms with Crippen molar-refractivity contribution in [3.8, 4) is 0 Å². The van der Waals surface area contributed by atoms with Crippen molar-refractivity contribution in [2.45, 2.75) is 25.3 Å². The molecule has 4 rings (SSSR count). The second-order valence-electron chi connectivity index (χ2n) is 6.52. The van der Waals surface area contributed by atoms with E-state index in [4.69, 9.17) is 4.74 Å². The van der Waals surface area contributed by atoms with E-state index in [1.807, 2.05) is 49.4 Å². The van der Waals surface area contributed by atoms with Crippen LogP contribution >= 0.6 is 0 Å². The zero-order valence-corrected chi connectivity index (χ0v) is 14.2. The number of hydrogen-bond acceptors (Lipinski definition) is 3. The maximum absolute atomic E-state index is 12.6. The molecular weight excluding hydrogens is 314 g/mol. The minimum Gasteiger partial charge on any atom is -0.381 e. The number of nitrogens with zero attached hydrogens (tertiary/aromatic N) is 1. The van der Waals surface area contributed by atoms with Crippen molar-refractivity contribution >= 4 is 16.9 Å². The molecule has 1 amide bonds. The van der Waals surface area contributed by atoms with E-state index in [9.17, 15) is 4.79 Å². The van der Waals surface area contributed by atoms with Crippen LogP contribution in [0.15, 0.2) is 48.5 Å². The van der Waals surface area contributed by atoms with Crippen LogP contribution in [0.1, 0.15) is 47.1 Å². The molecule has 3 aromatic rings. The molecule has 0 aliphatic carbocycles. The number of aromatic nitrogens is 2. The van der Waals surface area contributed by atoms with Gasteiger partial charge >= 0.3 is 0 Å². The number of aromatic amines is 1. The maximum atomic E-state index is 12.6. The van der Waals surface area contributed by atoms with E-state index in [0.29, 0.717) is 11.5 Å². The van der Waals surface area contributed by atoms with Crippen molar-refractivity contribution in [3.05, 3.63) is 65.5 Å². The van der Waals surface area contributed by atoms with Gasteiger partial charge in [0.2, 0.25) is 0 Å². The van der Waals surface area contributed by atoms with Crippen molar-refractivity contribution in [2.75, 3.05) is 13.2 Å². The van der Waals surface area contributed by atoms with Crippen LogP contribution in [0.3, 0.4) is 0 Å². The molecule has 0 spiro atoms. The smallest absolute Gasteiger partial charge is 0.251 e. The highest BCUT2D eigenvalue weighted by Gasteiger charge is 2.20. The van der Waals surface area contributed by atoms with E-state index < -0.39 is 0 Å². The number of fused-ring (bicyclic) bond motifs is 1. The van der Waals surface area contributed by atoms with E-state index in [1.54, 1.807) is 0 Å². The molecule has 128 valence electrons. The Hall–Kier alpha value is -2.66. The number of benzene rings is 2. The molecule has 1 aliphatic heterocycles. The SMILES string of the molecule is C[C@H](NC(=O)c1cccc([C@@H]2CCOC2)c1)c1nc2ccccc2[nH]1. The first-order valence-electron chi connectivity index (χ1n) is 8.64. The van der Waals surface area contributed by atoms with Gasteiger partial charge in [0.05, 0.1) is 23.7 Å². The quantitative estimate of drug-likeness (QED) is 0.766. The normalized spacial score (nSPS) is 18.4. The Labute approximate surface area is 146 Å². The van der Waals surface area contributed by atoms with Crippen LogP contribution in [0.4, 0.5) is 0 Å². The number of H-pyrrole nitrogens is 1. The fourth-order valence-electron chi connectivity index (χ4n) is 3.26. The zero-order chi connectivity index (χ0) is 17.2. The lowest BCUT2D eigenvalue weighted by molar-refractivity contribution is 0.0938. The number of nitrogens with one attached hydrogen (secondary N) is 2. The number of amides is 1. The summed E-state index contributed by atoms with van der Waals surface area (Å²) in [5.74, 6) is 1.06. The predicted octanol–water partition coefficient (Wildman–Crippen LogP) is 3.56. The summed E-state index contributed by atoms with van der Waals surface area (Å²) in [4.78, 5) is 20.4. The second-order valence-corrected chi connectivity index (χ2v) is 6.52. The molecular formula is C20H21N3O2. The lowest BCUT2D eigenvalue weighted by Crippen LogP contribution is -2.27. The summed E-state index contributed by atoms with van der Waals surface area (Å²) in [6.07, 6.45) is 1.01. The van der Waals surface area contributed by atoms with Crippen LogP contribution in [-0.4, -0.2) is 29.1 Å². The first kappa shape index (κ1) is 15.8. The van der Waals surface area contributed by atoms with Crippen molar-refractivity contribution < 1.29 is 9.53 Å². The third kappa shape index (κ3) is 3.28. The Morgan fingerprint density at radius 2 is 2.16 bits per heavy atom. The number of carbonyl (C=O) groups is 1. The summed E-state index contributed by atoms with van der Waals surface area (Å²) in [7, 11) is 0. The van der Waals surface area contributed by atoms with Gasteiger partial charge in [-0.15, -0.1) is 0 Å². The van der Waals surface area contributed by atoms with Gasteiger partial charge in [-0.05, 0) is 43.2 Å². The predicted molar refractivity (Wildman–Crippen MR) is 96.6 cm³/mol. The van der Waals surface area contributed by atoms with Crippen molar-refractivity contribution in [1.82, 2.24) is 15.3 Å². The fraction of sp³-hybridized carbons (Fsp3) is 0.300. The van der Waals surface area contributed by atoms with Gasteiger partial charge in [-0.3, -0.25) is 4.79 Å². The fourth-order valence-corrected chi connectivity index (χ4v) is 3.26. The number of para-hydroxylation sites is 2. The Kier molecular flexibility index (Phi) is 4.24. The van der Waals surface area contributed by atoms with Gasteiger partial charge in [-0.2, -0.15) is 0 Å². The summed E-state index contributed by atoms with van der Waals surface area (Å²) in [6, 6.07) is 15.5. The standard InChI is InChI=1S/C20H21N3O2/c1-13(19-22-17-7-2-3-8-18(17)23-19)21-20(24)15-6-4-5-14(11-15)16-9-10-25-12-16/h2-8,11,13,16H,9-10,12H2,1H3,(H,21,24)(H,22,23)/t13-,16+/m0/s1. The van der Waals surface area contributed by atoms with Gasteiger partial charge in [0.25, 0.3) is 5.91 Å². The minimum absolute atomic E-state index is 0.0891. The highest BCUT2D eigenvalue weighted by molar-refractivity contribution is 5.94. The third-order valence-corrected chi connectivity index (χ3v) is 4.72. The van der Waals surface area contributed by atoms with Gasteiger partial charge in [-0.25, -0.2) is 4.98 Å². The summed E-state index contributed by atoms with van der Waals surface area (Å²) in [5.41, 5.74) is 3.72. The molecule has 2 heterocycles. The Morgan fingerprint density at radius 1 is 1.28 bits per heavy atom. The van der Waals surface area contributed by atoms with Gasteiger partial charge in [0, 0.05) is 18.1 Å². The van der Waals surface area contributed by atoms with Crippen LogP contribution in [0, 0.1) is 0 Å². The van der Waals surface area contributed by atoms with Crippen LogP contribution in [0.2, 0.25) is 0 Å². The Bertz CT molecular complexity index is 864.